The van der Waals surface area contributed by atoms with Crippen LogP contribution in [0.15, 0.2) is 43.2 Å². The fourth-order valence-corrected chi connectivity index (χ4v) is 4.34. The number of aliphatic imine (C=N–C) groups is 2. The minimum atomic E-state index is -4.94. The van der Waals surface area contributed by atoms with Gasteiger partial charge in [0.25, 0.3) is 0 Å². The van der Waals surface area contributed by atoms with Crippen LogP contribution in [0.25, 0.3) is 0 Å². The Kier molecular flexibility index (Phi) is 32.8. The number of halogens is 4. The van der Waals surface area contributed by atoms with E-state index in [1.807, 2.05) is 26.2 Å². The summed E-state index contributed by atoms with van der Waals surface area (Å²) in [6.45, 7) is 3.51. The summed E-state index contributed by atoms with van der Waals surface area (Å²) >= 11 is 7.00. The van der Waals surface area contributed by atoms with Crippen LogP contribution in [0.1, 0.15) is 22.3 Å². The summed E-state index contributed by atoms with van der Waals surface area (Å²) in [4.78, 5) is 34.7. The average Bonchev–Trinajstić information content (AvgIpc) is 2.96. The molecular formula is C28H38Br2Cl2CuN6NiO12. The average molecular weight is 1000 g/mol. The maximum absolute atomic E-state index is 12.8. The molecular weight excluding hydrogens is 965 g/mol. The SMILES string of the molecule is CN(C)C=O.CN(C)C=O.CN1CCN(C)Cc2cc(Br)cc(c2[O-])C=NCCN=Cc2cc(Br)cc(c2[O-])C1.[Cu+2].[Ni+2].[O-][Cl+3]([O-])([O-])[O-].[O-][Cl+3]([O-])([O-])[O-]. The normalized spacial score (nSPS) is 13.4. The van der Waals surface area contributed by atoms with Crippen LogP contribution in [-0.2, 0) is 56.2 Å². The number of hydrogen-bond acceptors (Lipinski definition) is 16. The van der Waals surface area contributed by atoms with Crippen molar-refractivity contribution in [3.8, 4) is 11.5 Å². The minimum absolute atomic E-state index is 0. The molecule has 0 saturated carbocycles. The summed E-state index contributed by atoms with van der Waals surface area (Å²) in [6.07, 6.45) is 4.72. The molecule has 0 unspecified atom stereocenters. The first-order valence-corrected chi connectivity index (χ1v) is 17.8. The Labute approximate surface area is 344 Å². The molecule has 1 aliphatic rings. The molecule has 18 nitrogen and oxygen atoms in total. The van der Waals surface area contributed by atoms with E-state index in [4.69, 9.17) is 37.3 Å². The van der Waals surface area contributed by atoms with Crippen molar-refractivity contribution in [2.24, 2.45) is 9.98 Å². The van der Waals surface area contributed by atoms with Crippen molar-refractivity contribution in [1.82, 2.24) is 19.6 Å². The molecule has 4 bridgehead atoms. The third kappa shape index (κ3) is 34.3. The second-order valence-electron chi connectivity index (χ2n) is 10.4. The van der Waals surface area contributed by atoms with Crippen molar-refractivity contribution in [2.45, 2.75) is 13.1 Å². The van der Waals surface area contributed by atoms with Crippen LogP contribution in [0, 0.1) is 20.5 Å². The largest absolute Gasteiger partial charge is 2.00 e. The number of fused-ring (bicyclic) bond motifs is 4. The first-order valence-electron chi connectivity index (χ1n) is 13.7. The van der Waals surface area contributed by atoms with Gasteiger partial charge in [0, 0.05) is 75.7 Å². The van der Waals surface area contributed by atoms with Crippen molar-refractivity contribution in [2.75, 3.05) is 68.5 Å². The molecule has 0 saturated heterocycles. The molecule has 1 heterocycles. The Balaban J connectivity index is -0.000000431. The predicted octanol–water partition coefficient (Wildman–Crippen LogP) is -7.33. The van der Waals surface area contributed by atoms with Crippen LogP contribution in [0.2, 0.25) is 0 Å². The van der Waals surface area contributed by atoms with Gasteiger partial charge in [0.05, 0.1) is 13.1 Å². The van der Waals surface area contributed by atoms with E-state index in [0.717, 1.165) is 46.0 Å². The standard InChI is InChI=1S/C22H26Br2N4O2.2C3H7NO.2ClHO4.Cu.Ni/c1-27-5-6-28(2)14-18-10-20(24)8-16(22(18)30)12-26-4-3-25-11-15-7-19(23)9-17(13-27)21(15)29;2*1-4(2)3-5;2*2-1(3,4)5;;/h7-12,29-30H,3-6,13-14H2,1-2H3;2*3H,1-2H3;2*(H,2,3,4,5);;/q;;;;;2*+2/p-4. The van der Waals surface area contributed by atoms with E-state index in [1.54, 1.807) is 52.8 Å². The molecule has 0 fully saturated rings. The van der Waals surface area contributed by atoms with Gasteiger partial charge in [0.1, 0.15) is 0 Å². The Morgan fingerprint density at radius 1 is 0.654 bits per heavy atom. The van der Waals surface area contributed by atoms with E-state index < -0.39 is 20.5 Å². The molecule has 2 amide bonds. The van der Waals surface area contributed by atoms with E-state index in [9.17, 15) is 19.8 Å². The molecule has 0 aliphatic carbocycles. The summed E-state index contributed by atoms with van der Waals surface area (Å²) in [7, 11) is 0.847. The topological polar surface area (TPSA) is 302 Å². The first kappa shape index (κ1) is 57.2. The van der Waals surface area contributed by atoms with E-state index >= 15 is 0 Å². The molecule has 3 rings (SSSR count). The van der Waals surface area contributed by atoms with Crippen molar-refractivity contribution in [3.63, 3.8) is 0 Å². The van der Waals surface area contributed by atoms with Crippen LogP contribution >= 0.6 is 31.9 Å². The second-order valence-corrected chi connectivity index (χ2v) is 13.7. The smallest absolute Gasteiger partial charge is 0.872 e. The summed E-state index contributed by atoms with van der Waals surface area (Å²) in [5.74, 6) is 0.00481. The number of likely N-dealkylation sites (N-methyl/N-ethyl adjacent to an activating group) is 2. The van der Waals surface area contributed by atoms with E-state index in [2.05, 4.69) is 51.6 Å². The number of carbonyl (C=O) groups is 2. The van der Waals surface area contributed by atoms with Gasteiger partial charge in [-0.1, -0.05) is 43.4 Å². The summed E-state index contributed by atoms with van der Waals surface area (Å²) in [5.41, 5.74) is 2.59. The van der Waals surface area contributed by atoms with Gasteiger partial charge in [0.15, 0.2) is 0 Å². The van der Waals surface area contributed by atoms with E-state index in [1.165, 1.54) is 9.80 Å². The van der Waals surface area contributed by atoms with Crippen LogP contribution in [-0.4, -0.2) is 113 Å². The number of amides is 2. The minimum Gasteiger partial charge on any atom is -0.872 e. The number of benzene rings is 2. The maximum atomic E-state index is 12.8. The zero-order valence-corrected chi connectivity index (χ0v) is 35.2. The van der Waals surface area contributed by atoms with E-state index in [0.29, 0.717) is 37.3 Å². The van der Waals surface area contributed by atoms with Crippen LogP contribution in [0.4, 0.5) is 0 Å². The van der Waals surface area contributed by atoms with Crippen molar-refractivity contribution in [3.05, 3.63) is 55.5 Å². The van der Waals surface area contributed by atoms with Gasteiger partial charge in [0.2, 0.25) is 12.8 Å². The Bertz CT molecular complexity index is 1260. The fraction of sp³-hybridized carbons (Fsp3) is 0.429. The molecule has 52 heavy (non-hydrogen) atoms. The van der Waals surface area contributed by atoms with Gasteiger partial charge < -0.3 is 29.8 Å². The molecule has 0 spiro atoms. The van der Waals surface area contributed by atoms with Gasteiger partial charge in [-0.25, -0.2) is 37.3 Å². The quantitative estimate of drug-likeness (QED) is 0.200. The zero-order valence-electron chi connectivity index (χ0n) is 28.6. The number of rotatable bonds is 2. The molecule has 0 aromatic heterocycles. The van der Waals surface area contributed by atoms with Crippen LogP contribution in [0.3, 0.4) is 0 Å². The molecule has 2 aromatic rings. The maximum Gasteiger partial charge on any atom is 2.00 e. The van der Waals surface area contributed by atoms with Crippen LogP contribution < -0.4 is 47.5 Å². The van der Waals surface area contributed by atoms with Gasteiger partial charge in [-0.15, -0.1) is 20.5 Å². The monoisotopic (exact) mass is 999 g/mol. The summed E-state index contributed by atoms with van der Waals surface area (Å²) in [6, 6.07) is 7.32. The fourth-order valence-electron chi connectivity index (χ4n) is 3.30. The molecule has 0 atom stereocenters. The molecule has 301 valence electrons. The van der Waals surface area contributed by atoms with Crippen molar-refractivity contribution in [1.29, 1.82) is 0 Å². The molecule has 1 radical (unpaired) electrons. The predicted molar refractivity (Wildman–Crippen MR) is 164 cm³/mol. The number of carbonyl (C=O) groups excluding carboxylic acids is 2. The van der Waals surface area contributed by atoms with Crippen molar-refractivity contribution < 1.29 is 111 Å². The summed E-state index contributed by atoms with van der Waals surface area (Å²) in [5, 5.41) is 25.6. The van der Waals surface area contributed by atoms with Gasteiger partial charge in [-0.3, -0.25) is 19.6 Å². The Hall–Kier alpha value is -1.53. The number of hydrogen-bond donors (Lipinski definition) is 0. The Morgan fingerprint density at radius 2 is 0.904 bits per heavy atom. The van der Waals surface area contributed by atoms with Gasteiger partial charge in [-0.05, 0) is 60.6 Å². The summed E-state index contributed by atoms with van der Waals surface area (Å²) < 4.78 is 69.7. The molecule has 0 N–H and O–H groups in total. The molecule has 1 aliphatic heterocycles. The van der Waals surface area contributed by atoms with Gasteiger partial charge in [-0.2, -0.15) is 0 Å². The zero-order chi connectivity index (χ0) is 39.2. The van der Waals surface area contributed by atoms with Gasteiger partial charge >= 0.3 is 33.6 Å². The van der Waals surface area contributed by atoms with Crippen molar-refractivity contribution >= 4 is 57.1 Å². The van der Waals surface area contributed by atoms with Crippen LogP contribution in [0.5, 0.6) is 11.5 Å². The first-order chi connectivity index (χ1) is 22.9. The Morgan fingerprint density at radius 3 is 1.13 bits per heavy atom. The molecule has 24 heteroatoms. The van der Waals surface area contributed by atoms with E-state index in [-0.39, 0.29) is 45.1 Å². The third-order valence-electron chi connectivity index (χ3n) is 5.30. The third-order valence-corrected chi connectivity index (χ3v) is 6.22. The second kappa shape index (κ2) is 29.8. The molecule has 2 aromatic carbocycles. The number of nitrogens with zero attached hydrogens (tertiary/aromatic N) is 6.